The molecular formula is C21H17ClN2O4. The number of nitrogens with one attached hydrogen (secondary N) is 1. The molecule has 7 heteroatoms. The fourth-order valence-corrected chi connectivity index (χ4v) is 2.48. The van der Waals surface area contributed by atoms with Crippen LogP contribution in [-0.2, 0) is 4.79 Å². The van der Waals surface area contributed by atoms with Crippen LogP contribution in [0.5, 0.6) is 17.2 Å². The maximum atomic E-state index is 12.5. The summed E-state index contributed by atoms with van der Waals surface area (Å²) in [5, 5.41) is 12.3. The maximum absolute atomic E-state index is 12.5. The fraction of sp³-hybridized carbons (Fsp3) is 0.143. The Kier molecular flexibility index (Phi) is 7.33. The van der Waals surface area contributed by atoms with Crippen LogP contribution in [0.25, 0.3) is 6.08 Å². The topological polar surface area (TPSA) is 80.6 Å². The first-order valence-corrected chi connectivity index (χ1v) is 8.41. The second-order valence-electron chi connectivity index (χ2n) is 5.37. The molecule has 0 aliphatic carbocycles. The van der Waals surface area contributed by atoms with E-state index in [2.05, 4.69) is 11.2 Å². The summed E-state index contributed by atoms with van der Waals surface area (Å²) in [5.74, 6) is 3.07. The van der Waals surface area contributed by atoms with Crippen LogP contribution in [0.1, 0.15) is 5.56 Å². The van der Waals surface area contributed by atoms with Crippen molar-refractivity contribution >= 4 is 29.3 Å². The SMILES string of the molecule is C#CCOc1ccc(/C=C(\C#N)C(=O)Nc2cc(OC)c(Cl)cc2OC)cc1. The summed E-state index contributed by atoms with van der Waals surface area (Å²) in [6.45, 7) is 0.160. The van der Waals surface area contributed by atoms with Gasteiger partial charge in [-0.1, -0.05) is 29.7 Å². The van der Waals surface area contributed by atoms with Gasteiger partial charge in [-0.3, -0.25) is 4.79 Å². The van der Waals surface area contributed by atoms with Crippen molar-refractivity contribution in [1.82, 2.24) is 0 Å². The molecule has 1 N–H and O–H groups in total. The number of methoxy groups -OCH3 is 2. The molecule has 0 saturated heterocycles. The van der Waals surface area contributed by atoms with Crippen LogP contribution < -0.4 is 19.5 Å². The van der Waals surface area contributed by atoms with Crippen molar-refractivity contribution in [2.75, 3.05) is 26.1 Å². The number of amides is 1. The third-order valence-corrected chi connectivity index (χ3v) is 3.90. The smallest absolute Gasteiger partial charge is 0.266 e. The number of nitriles is 1. The molecule has 1 amide bonds. The number of terminal acetylenes is 1. The van der Waals surface area contributed by atoms with Crippen LogP contribution in [0.15, 0.2) is 42.0 Å². The molecule has 142 valence electrons. The van der Waals surface area contributed by atoms with E-state index in [1.54, 1.807) is 24.3 Å². The van der Waals surface area contributed by atoms with Gasteiger partial charge in [-0.25, -0.2) is 0 Å². The number of carbonyl (C=O) groups is 1. The highest BCUT2D eigenvalue weighted by Gasteiger charge is 2.15. The Labute approximate surface area is 168 Å². The molecule has 0 heterocycles. The molecule has 2 rings (SSSR count). The van der Waals surface area contributed by atoms with Crippen LogP contribution in [0.3, 0.4) is 0 Å². The first kappa shape index (κ1) is 20.7. The summed E-state index contributed by atoms with van der Waals surface area (Å²) < 4.78 is 15.7. The normalized spacial score (nSPS) is 10.4. The minimum Gasteiger partial charge on any atom is -0.495 e. The molecule has 0 unspecified atom stereocenters. The van der Waals surface area contributed by atoms with Gasteiger partial charge in [0.05, 0.1) is 24.9 Å². The van der Waals surface area contributed by atoms with Crippen molar-refractivity contribution in [2.45, 2.75) is 0 Å². The van der Waals surface area contributed by atoms with Crippen molar-refractivity contribution in [3.05, 3.63) is 52.6 Å². The number of hydrogen-bond donors (Lipinski definition) is 1. The average Bonchev–Trinajstić information content (AvgIpc) is 2.72. The third kappa shape index (κ3) is 5.20. The lowest BCUT2D eigenvalue weighted by molar-refractivity contribution is -0.112. The molecule has 0 saturated carbocycles. The first-order valence-electron chi connectivity index (χ1n) is 8.03. The van der Waals surface area contributed by atoms with Gasteiger partial charge < -0.3 is 19.5 Å². The lowest BCUT2D eigenvalue weighted by Gasteiger charge is -2.13. The van der Waals surface area contributed by atoms with E-state index < -0.39 is 5.91 Å². The summed E-state index contributed by atoms with van der Waals surface area (Å²) in [5.41, 5.74) is 0.890. The summed E-state index contributed by atoms with van der Waals surface area (Å²) in [6.07, 6.45) is 6.60. The number of hydrogen-bond acceptors (Lipinski definition) is 5. The van der Waals surface area contributed by atoms with Gasteiger partial charge in [-0.2, -0.15) is 5.26 Å². The van der Waals surface area contributed by atoms with Gasteiger partial charge in [-0.15, -0.1) is 6.42 Å². The summed E-state index contributed by atoms with van der Waals surface area (Å²) >= 11 is 6.06. The maximum Gasteiger partial charge on any atom is 0.266 e. The first-order chi connectivity index (χ1) is 13.5. The monoisotopic (exact) mass is 396 g/mol. The molecule has 0 aliphatic rings. The van der Waals surface area contributed by atoms with Crippen LogP contribution in [0.2, 0.25) is 5.02 Å². The summed E-state index contributed by atoms with van der Waals surface area (Å²) in [7, 11) is 2.90. The summed E-state index contributed by atoms with van der Waals surface area (Å²) in [4.78, 5) is 12.5. The third-order valence-electron chi connectivity index (χ3n) is 3.60. The molecule has 0 fully saturated rings. The van der Waals surface area contributed by atoms with Gasteiger partial charge in [0.15, 0.2) is 0 Å². The van der Waals surface area contributed by atoms with Crippen molar-refractivity contribution in [2.24, 2.45) is 0 Å². The van der Waals surface area contributed by atoms with Crippen molar-refractivity contribution in [3.8, 4) is 35.7 Å². The number of carbonyl (C=O) groups excluding carboxylic acids is 1. The highest BCUT2D eigenvalue weighted by atomic mass is 35.5. The van der Waals surface area contributed by atoms with Crippen LogP contribution >= 0.6 is 11.6 Å². The highest BCUT2D eigenvalue weighted by molar-refractivity contribution is 6.32. The van der Waals surface area contributed by atoms with Gasteiger partial charge >= 0.3 is 0 Å². The van der Waals surface area contributed by atoms with Crippen LogP contribution in [0.4, 0.5) is 5.69 Å². The fourth-order valence-electron chi connectivity index (χ4n) is 2.25. The molecule has 0 radical (unpaired) electrons. The Balaban J connectivity index is 2.23. The zero-order valence-electron chi connectivity index (χ0n) is 15.3. The lowest BCUT2D eigenvalue weighted by atomic mass is 10.1. The Hall–Kier alpha value is -3.61. The minimum absolute atomic E-state index is 0.0896. The Bertz CT molecular complexity index is 970. The quantitative estimate of drug-likeness (QED) is 0.436. The van der Waals surface area contributed by atoms with Gasteiger partial charge in [0.1, 0.15) is 35.5 Å². The van der Waals surface area contributed by atoms with E-state index in [1.165, 1.54) is 32.4 Å². The Morgan fingerprint density at radius 2 is 1.89 bits per heavy atom. The predicted octanol–water partition coefficient (Wildman–Crippen LogP) is 3.91. The number of halogens is 1. The van der Waals surface area contributed by atoms with Crippen molar-refractivity contribution < 1.29 is 19.0 Å². The van der Waals surface area contributed by atoms with E-state index in [9.17, 15) is 10.1 Å². The largest absolute Gasteiger partial charge is 0.495 e. The molecule has 2 aromatic rings. The van der Waals surface area contributed by atoms with E-state index in [4.69, 9.17) is 32.2 Å². The zero-order chi connectivity index (χ0) is 20.5. The van der Waals surface area contributed by atoms with Gasteiger partial charge in [0.2, 0.25) is 0 Å². The molecule has 6 nitrogen and oxygen atoms in total. The molecular weight excluding hydrogens is 380 g/mol. The number of rotatable bonds is 7. The second kappa shape index (κ2) is 9.91. The molecule has 0 spiro atoms. The zero-order valence-corrected chi connectivity index (χ0v) is 16.0. The van der Waals surface area contributed by atoms with E-state index in [1.807, 2.05) is 6.07 Å². The number of benzene rings is 2. The van der Waals surface area contributed by atoms with Crippen LogP contribution in [0, 0.1) is 23.7 Å². The van der Waals surface area contributed by atoms with E-state index >= 15 is 0 Å². The Morgan fingerprint density at radius 3 is 2.46 bits per heavy atom. The Morgan fingerprint density at radius 1 is 1.21 bits per heavy atom. The molecule has 0 aliphatic heterocycles. The molecule has 0 bridgehead atoms. The number of ether oxygens (including phenoxy) is 3. The van der Waals surface area contributed by atoms with Gasteiger partial charge in [0, 0.05) is 12.1 Å². The van der Waals surface area contributed by atoms with Gasteiger partial charge in [0.25, 0.3) is 5.91 Å². The average molecular weight is 397 g/mol. The standard InChI is InChI=1S/C21H17ClN2O4/c1-4-9-28-16-7-5-14(6-8-16)10-15(13-23)21(25)24-18-12-19(26-2)17(22)11-20(18)27-3/h1,5-8,10-12H,9H2,2-3H3,(H,24,25)/b15-10+. The van der Waals surface area contributed by atoms with Gasteiger partial charge in [-0.05, 0) is 23.8 Å². The molecule has 0 atom stereocenters. The summed E-state index contributed by atoms with van der Waals surface area (Å²) in [6, 6.07) is 11.7. The minimum atomic E-state index is -0.599. The molecule has 0 aromatic heterocycles. The lowest BCUT2D eigenvalue weighted by Crippen LogP contribution is -2.14. The van der Waals surface area contributed by atoms with Crippen LogP contribution in [-0.4, -0.2) is 26.7 Å². The van der Waals surface area contributed by atoms with E-state index in [0.29, 0.717) is 33.5 Å². The highest BCUT2D eigenvalue weighted by Crippen LogP contribution is 2.36. The van der Waals surface area contributed by atoms with E-state index in [-0.39, 0.29) is 12.2 Å². The van der Waals surface area contributed by atoms with Crippen molar-refractivity contribution in [3.63, 3.8) is 0 Å². The number of nitrogens with zero attached hydrogens (tertiary/aromatic N) is 1. The predicted molar refractivity (Wildman–Crippen MR) is 108 cm³/mol. The van der Waals surface area contributed by atoms with E-state index in [0.717, 1.165) is 0 Å². The second-order valence-corrected chi connectivity index (χ2v) is 5.78. The number of anilines is 1. The molecule has 28 heavy (non-hydrogen) atoms. The molecule has 2 aromatic carbocycles. The van der Waals surface area contributed by atoms with Crippen molar-refractivity contribution in [1.29, 1.82) is 5.26 Å².